The zero-order valence-corrected chi connectivity index (χ0v) is 17.5. The van der Waals surface area contributed by atoms with E-state index in [9.17, 15) is 4.79 Å². The summed E-state index contributed by atoms with van der Waals surface area (Å²) in [6.45, 7) is 8.84. The van der Waals surface area contributed by atoms with E-state index in [4.69, 9.17) is 4.98 Å². The average molecular weight is 397 g/mol. The predicted molar refractivity (Wildman–Crippen MR) is 116 cm³/mol. The smallest absolute Gasteiger partial charge is 0.263 e. The highest BCUT2D eigenvalue weighted by Gasteiger charge is 2.24. The lowest BCUT2D eigenvalue weighted by Gasteiger charge is -2.18. The number of thioether (sulfide) groups is 1. The molecule has 0 spiro atoms. The highest BCUT2D eigenvalue weighted by atomic mass is 32.2. The fourth-order valence-corrected chi connectivity index (χ4v) is 5.71. The van der Waals surface area contributed by atoms with Crippen LogP contribution in [0.2, 0.25) is 0 Å². The fourth-order valence-electron chi connectivity index (χ4n) is 3.62. The quantitative estimate of drug-likeness (QED) is 0.333. The van der Waals surface area contributed by atoms with E-state index in [2.05, 4.69) is 25.6 Å². The second-order valence-electron chi connectivity index (χ2n) is 7.55. The van der Waals surface area contributed by atoms with E-state index < -0.39 is 0 Å². The number of aromatic nitrogens is 2. The Balaban J connectivity index is 1.87. The van der Waals surface area contributed by atoms with Crippen molar-refractivity contribution in [3.05, 3.63) is 68.8 Å². The molecule has 0 amide bonds. The van der Waals surface area contributed by atoms with Gasteiger partial charge in [-0.05, 0) is 43.2 Å². The minimum atomic E-state index is 0.111. The van der Waals surface area contributed by atoms with Crippen LogP contribution < -0.4 is 5.56 Å². The lowest BCUT2D eigenvalue weighted by Crippen LogP contribution is -2.25. The Morgan fingerprint density at radius 2 is 2.15 bits per heavy atom. The first-order chi connectivity index (χ1) is 13.0. The Morgan fingerprint density at radius 3 is 2.89 bits per heavy atom. The van der Waals surface area contributed by atoms with Gasteiger partial charge in [-0.3, -0.25) is 9.36 Å². The Labute approximate surface area is 168 Å². The lowest BCUT2D eigenvalue weighted by atomic mass is 9.89. The largest absolute Gasteiger partial charge is 0.283 e. The Hall–Kier alpha value is -1.85. The molecule has 0 bridgehead atoms. The van der Waals surface area contributed by atoms with Gasteiger partial charge in [0, 0.05) is 10.6 Å². The van der Waals surface area contributed by atoms with E-state index in [0.717, 1.165) is 45.1 Å². The highest BCUT2D eigenvalue weighted by Crippen LogP contribution is 2.36. The fraction of sp³-hybridized carbons (Fsp3) is 0.364. The number of benzene rings is 1. The monoisotopic (exact) mass is 396 g/mol. The maximum Gasteiger partial charge on any atom is 0.263 e. The van der Waals surface area contributed by atoms with Crippen molar-refractivity contribution in [3.63, 3.8) is 0 Å². The van der Waals surface area contributed by atoms with Crippen LogP contribution in [0.1, 0.15) is 36.3 Å². The van der Waals surface area contributed by atoms with Gasteiger partial charge in [0.25, 0.3) is 5.56 Å². The van der Waals surface area contributed by atoms with Crippen LogP contribution in [0.4, 0.5) is 0 Å². The van der Waals surface area contributed by atoms with Gasteiger partial charge in [-0.25, -0.2) is 4.98 Å². The minimum Gasteiger partial charge on any atom is -0.283 e. The van der Waals surface area contributed by atoms with E-state index in [1.807, 2.05) is 29.7 Å². The van der Waals surface area contributed by atoms with Crippen LogP contribution in [0.15, 0.2) is 52.4 Å². The van der Waals surface area contributed by atoms with E-state index in [-0.39, 0.29) is 5.56 Å². The summed E-state index contributed by atoms with van der Waals surface area (Å²) >= 11 is 3.33. The van der Waals surface area contributed by atoms with Gasteiger partial charge in [0.2, 0.25) is 0 Å². The zero-order chi connectivity index (χ0) is 19.0. The van der Waals surface area contributed by atoms with Crippen molar-refractivity contribution >= 4 is 33.3 Å². The number of thiophene rings is 1. The predicted octanol–water partition coefficient (Wildman–Crippen LogP) is 5.30. The number of aryl methyl sites for hydroxylation is 1. The number of rotatable bonds is 5. The third kappa shape index (κ3) is 3.76. The number of hydrogen-bond acceptors (Lipinski definition) is 4. The van der Waals surface area contributed by atoms with Gasteiger partial charge in [0.1, 0.15) is 4.83 Å². The van der Waals surface area contributed by atoms with Gasteiger partial charge in [0.15, 0.2) is 5.16 Å². The van der Waals surface area contributed by atoms with Crippen molar-refractivity contribution in [2.75, 3.05) is 5.75 Å². The lowest BCUT2D eigenvalue weighted by molar-refractivity contribution is 0.508. The van der Waals surface area contributed by atoms with Crippen molar-refractivity contribution in [1.82, 2.24) is 9.55 Å². The van der Waals surface area contributed by atoms with Crippen molar-refractivity contribution in [1.29, 1.82) is 0 Å². The average Bonchev–Trinajstić information content (AvgIpc) is 3.01. The third-order valence-corrected chi connectivity index (χ3v) is 7.40. The Kier molecular flexibility index (Phi) is 5.24. The van der Waals surface area contributed by atoms with Gasteiger partial charge >= 0.3 is 0 Å². The molecule has 1 unspecified atom stereocenters. The van der Waals surface area contributed by atoms with Crippen molar-refractivity contribution in [2.45, 2.75) is 44.8 Å². The molecule has 0 N–H and O–H groups in total. The standard InChI is InChI=1S/C22H24N2OS2/c1-14(2)13-26-22-23-20-19(17-11-15(3)9-10-18(17)27-20)21(25)24(22)12-16-7-5-4-6-8-16/h4-8,15H,1,9-13H2,2-3H3. The molecule has 1 aliphatic carbocycles. The molecule has 0 radical (unpaired) electrons. The van der Waals surface area contributed by atoms with Gasteiger partial charge in [-0.15, -0.1) is 11.3 Å². The molecular weight excluding hydrogens is 372 g/mol. The second kappa shape index (κ2) is 7.64. The summed E-state index contributed by atoms with van der Waals surface area (Å²) in [5.41, 5.74) is 3.57. The zero-order valence-electron chi connectivity index (χ0n) is 15.8. The maximum atomic E-state index is 13.5. The normalized spacial score (nSPS) is 16.4. The molecule has 3 nitrogen and oxygen atoms in total. The minimum absolute atomic E-state index is 0.111. The van der Waals surface area contributed by atoms with E-state index in [0.29, 0.717) is 12.5 Å². The van der Waals surface area contributed by atoms with Crippen LogP contribution in [0.3, 0.4) is 0 Å². The van der Waals surface area contributed by atoms with E-state index in [1.165, 1.54) is 16.9 Å². The molecule has 3 aromatic rings. The van der Waals surface area contributed by atoms with Crippen molar-refractivity contribution in [2.24, 2.45) is 5.92 Å². The number of hydrogen-bond donors (Lipinski definition) is 0. The molecule has 5 heteroatoms. The van der Waals surface area contributed by atoms with Gasteiger partial charge in [0.05, 0.1) is 11.9 Å². The molecular formula is C22H24N2OS2. The molecule has 0 fully saturated rings. The third-order valence-electron chi connectivity index (χ3n) is 5.01. The number of fused-ring (bicyclic) bond motifs is 3. The summed E-state index contributed by atoms with van der Waals surface area (Å²) in [7, 11) is 0. The molecule has 2 aromatic heterocycles. The summed E-state index contributed by atoms with van der Waals surface area (Å²) in [5, 5.41) is 1.66. The van der Waals surface area contributed by atoms with Crippen LogP contribution in [-0.2, 0) is 19.4 Å². The van der Waals surface area contributed by atoms with Gasteiger partial charge in [-0.1, -0.05) is 61.2 Å². The Bertz CT molecular complexity index is 1050. The summed E-state index contributed by atoms with van der Waals surface area (Å²) in [6.07, 6.45) is 3.27. The molecule has 140 valence electrons. The van der Waals surface area contributed by atoms with Crippen LogP contribution in [0, 0.1) is 5.92 Å². The van der Waals surface area contributed by atoms with Gasteiger partial charge < -0.3 is 0 Å². The van der Waals surface area contributed by atoms with Crippen molar-refractivity contribution in [3.8, 4) is 0 Å². The molecule has 2 heterocycles. The summed E-state index contributed by atoms with van der Waals surface area (Å²) < 4.78 is 1.86. The first kappa shape index (κ1) is 18.5. The van der Waals surface area contributed by atoms with Crippen LogP contribution >= 0.6 is 23.1 Å². The van der Waals surface area contributed by atoms with E-state index >= 15 is 0 Å². The van der Waals surface area contributed by atoms with Crippen LogP contribution in [0.5, 0.6) is 0 Å². The molecule has 4 rings (SSSR count). The maximum absolute atomic E-state index is 13.5. The van der Waals surface area contributed by atoms with Crippen LogP contribution in [-0.4, -0.2) is 15.3 Å². The van der Waals surface area contributed by atoms with Crippen molar-refractivity contribution < 1.29 is 0 Å². The molecule has 0 saturated carbocycles. The number of nitrogens with zero attached hydrogens (tertiary/aromatic N) is 2. The highest BCUT2D eigenvalue weighted by molar-refractivity contribution is 7.99. The Morgan fingerprint density at radius 1 is 1.37 bits per heavy atom. The topological polar surface area (TPSA) is 34.9 Å². The van der Waals surface area contributed by atoms with Crippen LogP contribution in [0.25, 0.3) is 10.2 Å². The second-order valence-corrected chi connectivity index (χ2v) is 9.58. The first-order valence-corrected chi connectivity index (χ1v) is 11.2. The molecule has 1 aromatic carbocycles. The molecule has 0 aliphatic heterocycles. The van der Waals surface area contributed by atoms with Gasteiger partial charge in [-0.2, -0.15) is 0 Å². The molecule has 0 saturated heterocycles. The molecule has 1 atom stereocenters. The molecule has 27 heavy (non-hydrogen) atoms. The summed E-state index contributed by atoms with van der Waals surface area (Å²) in [6, 6.07) is 10.2. The first-order valence-electron chi connectivity index (χ1n) is 9.39. The molecule has 1 aliphatic rings. The summed E-state index contributed by atoms with van der Waals surface area (Å²) in [4.78, 5) is 20.7. The summed E-state index contributed by atoms with van der Waals surface area (Å²) in [5.74, 6) is 1.41. The van der Waals surface area contributed by atoms with E-state index in [1.54, 1.807) is 23.1 Å². The SMILES string of the molecule is C=C(C)CSc1nc2sc3c(c2c(=O)n1Cc1ccccc1)CC(C)CC3.